The Kier molecular flexibility index (Phi) is 2.79. The van der Waals surface area contributed by atoms with Crippen molar-refractivity contribution in [2.75, 3.05) is 12.0 Å². The van der Waals surface area contributed by atoms with E-state index in [9.17, 15) is 0 Å². The normalized spacial score (nSPS) is 10.0. The molecular formula is C10H9N5S. The minimum absolute atomic E-state index is 0.342. The highest BCUT2D eigenvalue weighted by Crippen LogP contribution is 2.16. The van der Waals surface area contributed by atoms with E-state index >= 15 is 0 Å². The molecule has 1 heterocycles. The van der Waals surface area contributed by atoms with Gasteiger partial charge in [-0.25, -0.2) is 0 Å². The van der Waals surface area contributed by atoms with E-state index in [1.807, 2.05) is 6.26 Å². The maximum Gasteiger partial charge on any atom is 0.224 e. The number of hydrogen-bond donors (Lipinski definition) is 1. The predicted molar refractivity (Wildman–Crippen MR) is 62.3 cm³/mol. The lowest BCUT2D eigenvalue weighted by atomic mass is 10.2. The third-order valence-corrected chi connectivity index (χ3v) is 2.57. The maximum absolute atomic E-state index is 8.68. The molecule has 0 atom stereocenters. The number of benzene rings is 1. The highest BCUT2D eigenvalue weighted by Gasteiger charge is 2.07. The molecular weight excluding hydrogens is 222 g/mol. The zero-order valence-corrected chi connectivity index (χ0v) is 9.40. The van der Waals surface area contributed by atoms with Gasteiger partial charge in [0.05, 0.1) is 17.3 Å². The van der Waals surface area contributed by atoms with Gasteiger partial charge in [-0.05, 0) is 30.5 Å². The number of rotatable bonds is 2. The maximum atomic E-state index is 8.68. The molecule has 5 nitrogen and oxygen atoms in total. The fraction of sp³-hybridized carbons (Fsp3) is 0.100. The Balaban J connectivity index is 2.42. The minimum Gasteiger partial charge on any atom is -0.368 e. The Morgan fingerprint density at radius 1 is 1.38 bits per heavy atom. The molecule has 0 saturated carbocycles. The van der Waals surface area contributed by atoms with Crippen LogP contribution in [0.4, 0.5) is 5.95 Å². The van der Waals surface area contributed by atoms with Gasteiger partial charge in [0.25, 0.3) is 0 Å². The van der Waals surface area contributed by atoms with E-state index in [4.69, 9.17) is 11.0 Å². The van der Waals surface area contributed by atoms with Crippen LogP contribution >= 0.6 is 11.8 Å². The molecule has 2 aromatic rings. The summed E-state index contributed by atoms with van der Waals surface area (Å²) in [7, 11) is 0. The molecule has 16 heavy (non-hydrogen) atoms. The zero-order chi connectivity index (χ0) is 11.5. The fourth-order valence-electron chi connectivity index (χ4n) is 1.26. The van der Waals surface area contributed by atoms with Crippen molar-refractivity contribution in [3.63, 3.8) is 0 Å². The number of aromatic nitrogens is 3. The summed E-state index contributed by atoms with van der Waals surface area (Å²) in [5, 5.41) is 13.5. The molecule has 0 amide bonds. The van der Waals surface area contributed by atoms with E-state index in [0.29, 0.717) is 16.7 Å². The largest absolute Gasteiger partial charge is 0.368 e. The summed E-state index contributed by atoms with van der Waals surface area (Å²) in [6.07, 6.45) is 1.89. The molecule has 0 fully saturated rings. The van der Waals surface area contributed by atoms with Crippen LogP contribution in [-0.4, -0.2) is 21.0 Å². The number of nitrogens with two attached hydrogens (primary N) is 1. The molecule has 0 unspecified atom stereocenters. The monoisotopic (exact) mass is 231 g/mol. The van der Waals surface area contributed by atoms with Gasteiger partial charge in [-0.3, -0.25) is 0 Å². The van der Waals surface area contributed by atoms with Crippen molar-refractivity contribution in [1.82, 2.24) is 14.8 Å². The van der Waals surface area contributed by atoms with Crippen molar-refractivity contribution in [2.45, 2.75) is 5.16 Å². The molecule has 1 aromatic carbocycles. The van der Waals surface area contributed by atoms with Crippen molar-refractivity contribution >= 4 is 17.7 Å². The Hall–Kier alpha value is -2.00. The Labute approximate surface area is 96.9 Å². The molecule has 0 aliphatic heterocycles. The van der Waals surface area contributed by atoms with Crippen molar-refractivity contribution < 1.29 is 0 Å². The van der Waals surface area contributed by atoms with Crippen LogP contribution in [0.1, 0.15) is 5.56 Å². The Morgan fingerprint density at radius 2 is 2.06 bits per heavy atom. The molecule has 0 saturated heterocycles. The van der Waals surface area contributed by atoms with Crippen molar-refractivity contribution in [1.29, 1.82) is 5.26 Å². The lowest BCUT2D eigenvalue weighted by Gasteiger charge is -2.01. The second-order valence-corrected chi connectivity index (χ2v) is 3.80. The van der Waals surface area contributed by atoms with E-state index < -0.39 is 0 Å². The minimum atomic E-state index is 0.342. The summed E-state index contributed by atoms with van der Waals surface area (Å²) >= 11 is 1.43. The van der Waals surface area contributed by atoms with Gasteiger partial charge in [0.1, 0.15) is 0 Å². The van der Waals surface area contributed by atoms with Crippen LogP contribution in [0, 0.1) is 11.3 Å². The van der Waals surface area contributed by atoms with Gasteiger partial charge in [0.2, 0.25) is 11.1 Å². The average molecular weight is 231 g/mol. The number of thioether (sulfide) groups is 1. The van der Waals surface area contributed by atoms with Crippen molar-refractivity contribution in [3.05, 3.63) is 29.8 Å². The van der Waals surface area contributed by atoms with Gasteiger partial charge in [0.15, 0.2) is 0 Å². The van der Waals surface area contributed by atoms with Gasteiger partial charge in [-0.15, -0.1) is 5.10 Å². The van der Waals surface area contributed by atoms with Crippen molar-refractivity contribution in [3.8, 4) is 11.8 Å². The standard InChI is InChI=1S/C10H9N5S/c1-16-10-13-9(12)15(14-10)8-4-2-7(6-11)3-5-8/h2-5H,1H3,(H2,12,13,14). The van der Waals surface area contributed by atoms with Crippen LogP contribution in [0.5, 0.6) is 0 Å². The van der Waals surface area contributed by atoms with Crippen LogP contribution in [0.15, 0.2) is 29.4 Å². The van der Waals surface area contributed by atoms with E-state index in [1.54, 1.807) is 28.9 Å². The molecule has 6 heteroatoms. The predicted octanol–water partition coefficient (Wildman–Crippen LogP) is 1.44. The third-order valence-electron chi connectivity index (χ3n) is 2.04. The summed E-state index contributed by atoms with van der Waals surface area (Å²) in [6.45, 7) is 0. The lowest BCUT2D eigenvalue weighted by Crippen LogP contribution is -2.02. The van der Waals surface area contributed by atoms with E-state index in [1.165, 1.54) is 11.8 Å². The van der Waals surface area contributed by atoms with Gasteiger partial charge in [-0.2, -0.15) is 14.9 Å². The van der Waals surface area contributed by atoms with E-state index in [0.717, 1.165) is 5.69 Å². The summed E-state index contributed by atoms with van der Waals surface area (Å²) in [4.78, 5) is 4.08. The summed E-state index contributed by atoms with van der Waals surface area (Å²) in [6, 6.07) is 9.06. The number of nitrogen functional groups attached to an aromatic ring is 1. The first-order chi connectivity index (χ1) is 7.74. The zero-order valence-electron chi connectivity index (χ0n) is 8.58. The second-order valence-electron chi connectivity index (χ2n) is 3.03. The Bertz CT molecular complexity index is 537. The van der Waals surface area contributed by atoms with Crippen LogP contribution < -0.4 is 5.73 Å². The number of hydrogen-bond acceptors (Lipinski definition) is 5. The fourth-order valence-corrected chi connectivity index (χ4v) is 1.61. The molecule has 2 N–H and O–H groups in total. The SMILES string of the molecule is CSc1nc(N)n(-c2ccc(C#N)cc2)n1. The van der Waals surface area contributed by atoms with Crippen LogP contribution in [0.25, 0.3) is 5.69 Å². The van der Waals surface area contributed by atoms with Crippen LogP contribution in [-0.2, 0) is 0 Å². The van der Waals surface area contributed by atoms with Crippen LogP contribution in [0.3, 0.4) is 0 Å². The summed E-state index contributed by atoms with van der Waals surface area (Å²) in [5.41, 5.74) is 7.13. The molecule has 0 radical (unpaired) electrons. The Morgan fingerprint density at radius 3 is 2.56 bits per heavy atom. The number of anilines is 1. The first-order valence-corrected chi connectivity index (χ1v) is 5.74. The summed E-state index contributed by atoms with van der Waals surface area (Å²) < 4.78 is 1.55. The van der Waals surface area contributed by atoms with Gasteiger partial charge in [-0.1, -0.05) is 11.8 Å². The third kappa shape index (κ3) is 1.85. The van der Waals surface area contributed by atoms with Crippen LogP contribution in [0.2, 0.25) is 0 Å². The quantitative estimate of drug-likeness (QED) is 0.791. The number of nitrogens with zero attached hydrogens (tertiary/aromatic N) is 4. The molecule has 2 rings (SSSR count). The van der Waals surface area contributed by atoms with Crippen molar-refractivity contribution in [2.24, 2.45) is 0 Å². The summed E-state index contributed by atoms with van der Waals surface area (Å²) in [5.74, 6) is 0.342. The average Bonchev–Trinajstić information content (AvgIpc) is 2.71. The lowest BCUT2D eigenvalue weighted by molar-refractivity contribution is 0.841. The molecule has 0 spiro atoms. The van der Waals surface area contributed by atoms with E-state index in [2.05, 4.69) is 16.2 Å². The molecule has 80 valence electrons. The highest BCUT2D eigenvalue weighted by atomic mass is 32.2. The smallest absolute Gasteiger partial charge is 0.224 e. The first-order valence-electron chi connectivity index (χ1n) is 4.51. The molecule has 1 aromatic heterocycles. The molecule has 0 aliphatic rings. The first kappa shape index (κ1) is 10.5. The van der Waals surface area contributed by atoms with Gasteiger partial charge >= 0.3 is 0 Å². The molecule has 0 aliphatic carbocycles. The molecule has 0 bridgehead atoms. The highest BCUT2D eigenvalue weighted by molar-refractivity contribution is 7.98. The second kappa shape index (κ2) is 4.24. The number of nitriles is 1. The van der Waals surface area contributed by atoms with E-state index in [-0.39, 0.29) is 0 Å². The topological polar surface area (TPSA) is 80.5 Å². The van der Waals surface area contributed by atoms with Gasteiger partial charge in [0, 0.05) is 0 Å². The van der Waals surface area contributed by atoms with Gasteiger partial charge < -0.3 is 5.73 Å².